The Kier molecular flexibility index (Phi) is 8.62. The Hall–Kier alpha value is -3.16. The van der Waals surface area contributed by atoms with Gasteiger partial charge in [0.2, 0.25) is 0 Å². The van der Waals surface area contributed by atoms with Crippen LogP contribution in [0.2, 0.25) is 0 Å². The number of hydrogen-bond donors (Lipinski definition) is 4. The van der Waals surface area contributed by atoms with Gasteiger partial charge in [-0.25, -0.2) is 19.2 Å². The number of carbonyl (C=O) groups is 4. The molecule has 0 spiro atoms. The van der Waals surface area contributed by atoms with E-state index in [0.717, 1.165) is 18.2 Å². The maximum absolute atomic E-state index is 11.4. The molecule has 0 aromatic heterocycles. The molecule has 0 fully saturated rings. The van der Waals surface area contributed by atoms with Crippen molar-refractivity contribution in [1.29, 1.82) is 0 Å². The summed E-state index contributed by atoms with van der Waals surface area (Å²) in [5, 5.41) is 36.4. The van der Waals surface area contributed by atoms with Crippen molar-refractivity contribution in [2.24, 2.45) is 0 Å². The van der Waals surface area contributed by atoms with E-state index in [1.807, 2.05) is 0 Å². The average Bonchev–Trinajstić information content (AvgIpc) is 2.52. The van der Waals surface area contributed by atoms with Gasteiger partial charge in [0.15, 0.2) is 0 Å². The SMILES string of the molecule is CCC(=CC(=CC(CC)=C(C=C(C)C(=O)O)C(=O)O)C(=O)O)C(=O)O. The molecular formula is C17H20O8. The van der Waals surface area contributed by atoms with Crippen LogP contribution in [0, 0.1) is 0 Å². The lowest BCUT2D eigenvalue weighted by Crippen LogP contribution is -2.07. The van der Waals surface area contributed by atoms with Crippen LogP contribution in [0.3, 0.4) is 0 Å². The van der Waals surface area contributed by atoms with Crippen molar-refractivity contribution >= 4 is 23.9 Å². The summed E-state index contributed by atoms with van der Waals surface area (Å²) in [4.78, 5) is 44.7. The van der Waals surface area contributed by atoms with Crippen LogP contribution in [-0.2, 0) is 19.2 Å². The van der Waals surface area contributed by atoms with Crippen molar-refractivity contribution in [2.45, 2.75) is 33.6 Å². The van der Waals surface area contributed by atoms with E-state index in [-0.39, 0.29) is 35.1 Å². The maximum atomic E-state index is 11.4. The lowest BCUT2D eigenvalue weighted by molar-refractivity contribution is -0.134. The molecule has 0 amide bonds. The third-order valence-electron chi connectivity index (χ3n) is 3.22. The molecular weight excluding hydrogens is 332 g/mol. The van der Waals surface area contributed by atoms with Gasteiger partial charge in [-0.2, -0.15) is 0 Å². The Bertz CT molecular complexity index is 704. The van der Waals surface area contributed by atoms with Crippen molar-refractivity contribution < 1.29 is 39.6 Å². The lowest BCUT2D eigenvalue weighted by atomic mass is 9.99. The fourth-order valence-electron chi connectivity index (χ4n) is 1.80. The van der Waals surface area contributed by atoms with Gasteiger partial charge >= 0.3 is 23.9 Å². The largest absolute Gasteiger partial charge is 0.478 e. The van der Waals surface area contributed by atoms with Crippen LogP contribution in [-0.4, -0.2) is 44.3 Å². The van der Waals surface area contributed by atoms with Crippen LogP contribution in [0.25, 0.3) is 0 Å². The molecule has 25 heavy (non-hydrogen) atoms. The second kappa shape index (κ2) is 9.86. The van der Waals surface area contributed by atoms with E-state index >= 15 is 0 Å². The Labute approximate surface area is 144 Å². The number of hydrogen-bond acceptors (Lipinski definition) is 4. The van der Waals surface area contributed by atoms with Crippen molar-refractivity contribution in [3.05, 3.63) is 46.1 Å². The Morgan fingerprint density at radius 1 is 0.720 bits per heavy atom. The molecule has 0 aliphatic rings. The van der Waals surface area contributed by atoms with Crippen molar-refractivity contribution in [2.75, 3.05) is 0 Å². The van der Waals surface area contributed by atoms with Crippen LogP contribution < -0.4 is 0 Å². The molecule has 4 N–H and O–H groups in total. The molecule has 0 bridgehead atoms. The predicted molar refractivity (Wildman–Crippen MR) is 88.1 cm³/mol. The normalized spacial score (nSPS) is 14.0. The predicted octanol–water partition coefficient (Wildman–Crippen LogP) is 2.24. The first-order valence-electron chi connectivity index (χ1n) is 7.31. The summed E-state index contributed by atoms with van der Waals surface area (Å²) in [5.41, 5.74) is -1.11. The highest BCUT2D eigenvalue weighted by molar-refractivity contribution is 5.98. The van der Waals surface area contributed by atoms with Gasteiger partial charge in [-0.05, 0) is 43.6 Å². The van der Waals surface area contributed by atoms with Crippen LogP contribution in [0.5, 0.6) is 0 Å². The third kappa shape index (κ3) is 6.86. The molecule has 0 unspecified atom stereocenters. The van der Waals surface area contributed by atoms with Crippen LogP contribution in [0.15, 0.2) is 46.1 Å². The minimum atomic E-state index is -1.43. The van der Waals surface area contributed by atoms with E-state index in [4.69, 9.17) is 10.2 Å². The zero-order valence-electron chi connectivity index (χ0n) is 14.1. The fourth-order valence-corrected chi connectivity index (χ4v) is 1.80. The summed E-state index contributed by atoms with van der Waals surface area (Å²) in [7, 11) is 0. The van der Waals surface area contributed by atoms with Crippen LogP contribution in [0.1, 0.15) is 33.6 Å². The smallest absolute Gasteiger partial charge is 0.335 e. The van der Waals surface area contributed by atoms with Gasteiger partial charge in [-0.15, -0.1) is 0 Å². The first-order chi connectivity index (χ1) is 11.5. The van der Waals surface area contributed by atoms with E-state index < -0.39 is 29.5 Å². The number of carboxylic acids is 4. The molecule has 0 rings (SSSR count). The van der Waals surface area contributed by atoms with Gasteiger partial charge in [0.25, 0.3) is 0 Å². The van der Waals surface area contributed by atoms with Crippen LogP contribution >= 0.6 is 0 Å². The average molecular weight is 352 g/mol. The van der Waals surface area contributed by atoms with Gasteiger partial charge in [-0.3, -0.25) is 0 Å². The topological polar surface area (TPSA) is 149 Å². The monoisotopic (exact) mass is 352 g/mol. The molecule has 0 radical (unpaired) electrons. The van der Waals surface area contributed by atoms with Gasteiger partial charge in [0.1, 0.15) is 0 Å². The summed E-state index contributed by atoms with van der Waals surface area (Å²) >= 11 is 0. The first-order valence-corrected chi connectivity index (χ1v) is 7.31. The Morgan fingerprint density at radius 2 is 1.28 bits per heavy atom. The molecule has 0 heterocycles. The molecule has 0 atom stereocenters. The minimum Gasteiger partial charge on any atom is -0.478 e. The molecule has 0 saturated carbocycles. The number of allylic oxidation sites excluding steroid dienone is 2. The molecule has 8 nitrogen and oxygen atoms in total. The second-order valence-electron chi connectivity index (χ2n) is 4.96. The molecule has 0 aliphatic carbocycles. The Morgan fingerprint density at radius 3 is 1.60 bits per heavy atom. The highest BCUT2D eigenvalue weighted by Gasteiger charge is 2.15. The molecule has 0 aromatic rings. The molecule has 0 saturated heterocycles. The van der Waals surface area contributed by atoms with E-state index in [9.17, 15) is 29.4 Å². The van der Waals surface area contributed by atoms with Gasteiger partial charge in [0, 0.05) is 11.1 Å². The highest BCUT2D eigenvalue weighted by Crippen LogP contribution is 2.18. The maximum Gasteiger partial charge on any atom is 0.335 e. The van der Waals surface area contributed by atoms with Gasteiger partial charge < -0.3 is 20.4 Å². The minimum absolute atomic E-state index is 0.0580. The second-order valence-corrected chi connectivity index (χ2v) is 4.96. The van der Waals surface area contributed by atoms with Gasteiger partial charge in [-0.1, -0.05) is 13.8 Å². The Balaban J connectivity index is 6.51. The number of aliphatic carboxylic acids is 4. The van der Waals surface area contributed by atoms with E-state index in [0.29, 0.717) is 0 Å². The van der Waals surface area contributed by atoms with Crippen LogP contribution in [0.4, 0.5) is 0 Å². The zero-order chi connectivity index (χ0) is 19.7. The standard InChI is InChI=1S/C17H20O8/c1-4-10(13(17(24)25)6-9(3)14(18)19)7-12(16(22)23)8-11(5-2)15(20)21/h6-8H,4-5H2,1-3H3,(H,18,19)(H,20,21)(H,22,23)(H,24,25). The van der Waals surface area contributed by atoms with E-state index in [2.05, 4.69) is 0 Å². The van der Waals surface area contributed by atoms with Gasteiger partial charge in [0.05, 0.1) is 11.1 Å². The highest BCUT2D eigenvalue weighted by atomic mass is 16.4. The first kappa shape index (κ1) is 21.8. The zero-order valence-corrected chi connectivity index (χ0v) is 14.1. The molecule has 136 valence electrons. The third-order valence-corrected chi connectivity index (χ3v) is 3.22. The quantitative estimate of drug-likeness (QED) is 0.364. The summed E-state index contributed by atoms with van der Waals surface area (Å²) in [6.07, 6.45) is 3.10. The fraction of sp³-hybridized carbons (Fsp3) is 0.294. The summed E-state index contributed by atoms with van der Waals surface area (Å²) < 4.78 is 0. The summed E-state index contributed by atoms with van der Waals surface area (Å²) in [6, 6.07) is 0. The van der Waals surface area contributed by atoms with E-state index in [1.165, 1.54) is 13.8 Å². The number of carboxylic acid groups (broad SMARTS) is 4. The van der Waals surface area contributed by atoms with Crippen molar-refractivity contribution in [3.8, 4) is 0 Å². The molecule has 8 heteroatoms. The summed E-state index contributed by atoms with van der Waals surface area (Å²) in [6.45, 7) is 4.32. The molecule has 0 aromatic carbocycles. The van der Waals surface area contributed by atoms with Crippen molar-refractivity contribution in [3.63, 3.8) is 0 Å². The van der Waals surface area contributed by atoms with E-state index in [1.54, 1.807) is 6.92 Å². The summed E-state index contributed by atoms with van der Waals surface area (Å²) in [5.74, 6) is -5.44. The molecule has 0 aliphatic heterocycles. The number of rotatable bonds is 9. The lowest BCUT2D eigenvalue weighted by Gasteiger charge is -2.06. The van der Waals surface area contributed by atoms with Crippen molar-refractivity contribution in [1.82, 2.24) is 0 Å².